The maximum Gasteiger partial charge on any atom is 0.280 e. The number of carbonyl (C=O) groups is 1. The second-order valence-corrected chi connectivity index (χ2v) is 9.22. The molecule has 0 spiro atoms. The molecule has 0 radical (unpaired) electrons. The van der Waals surface area contributed by atoms with E-state index in [1.54, 1.807) is 18.5 Å². The molecular weight excluding hydrogens is 390 g/mol. The Morgan fingerprint density at radius 3 is 2.67 bits per heavy atom. The molecule has 1 fully saturated rings. The maximum atomic E-state index is 12.6. The largest absolute Gasteiger partial charge is 0.392 e. The van der Waals surface area contributed by atoms with Crippen LogP contribution in [0.2, 0.25) is 0 Å². The minimum atomic E-state index is -3.31. The van der Waals surface area contributed by atoms with Crippen LogP contribution >= 0.6 is 11.3 Å². The number of thiazole rings is 1. The van der Waals surface area contributed by atoms with Gasteiger partial charge in [-0.3, -0.25) is 10.1 Å². The molecule has 1 atom stereocenters. The lowest BCUT2D eigenvalue weighted by Gasteiger charge is -2.10. The van der Waals surface area contributed by atoms with Crippen LogP contribution in [-0.4, -0.2) is 48.1 Å². The third-order valence-electron chi connectivity index (χ3n) is 3.87. The summed E-state index contributed by atoms with van der Waals surface area (Å²) >= 11 is 1.25. The molecule has 2 aromatic rings. The van der Waals surface area contributed by atoms with Crippen LogP contribution in [-0.2, 0) is 19.5 Å². The first kappa shape index (κ1) is 19.5. The van der Waals surface area contributed by atoms with Crippen LogP contribution in [0.25, 0.3) is 0 Å². The fourth-order valence-corrected chi connectivity index (χ4v) is 4.40. The predicted molar refractivity (Wildman–Crippen MR) is 102 cm³/mol. The molecule has 0 aliphatic heterocycles. The first-order valence-corrected chi connectivity index (χ1v) is 10.7. The van der Waals surface area contributed by atoms with Crippen molar-refractivity contribution in [3.8, 4) is 0 Å². The van der Waals surface area contributed by atoms with Crippen molar-refractivity contribution in [2.45, 2.75) is 36.0 Å². The van der Waals surface area contributed by atoms with Gasteiger partial charge in [-0.2, -0.15) is 0 Å². The number of sulfone groups is 1. The highest BCUT2D eigenvalue weighted by Gasteiger charge is 2.36. The molecule has 10 heteroatoms. The molecule has 3 rings (SSSR count). The van der Waals surface area contributed by atoms with Gasteiger partial charge in [0.05, 0.1) is 16.8 Å². The van der Waals surface area contributed by atoms with Gasteiger partial charge < -0.3 is 9.94 Å². The van der Waals surface area contributed by atoms with Gasteiger partial charge in [0.15, 0.2) is 20.7 Å². The maximum absolute atomic E-state index is 12.6. The number of aliphatic hydroxyl groups excluding tert-OH is 1. The van der Waals surface area contributed by atoms with Crippen molar-refractivity contribution in [3.05, 3.63) is 41.4 Å². The molecule has 1 saturated carbocycles. The number of aromatic nitrogens is 1. The molecule has 1 aromatic carbocycles. The van der Waals surface area contributed by atoms with Crippen LogP contribution in [0, 0.1) is 0 Å². The minimum absolute atomic E-state index is 0.0409. The molecule has 1 amide bonds. The van der Waals surface area contributed by atoms with Crippen LogP contribution in [0.4, 0.5) is 5.13 Å². The number of anilines is 1. The Morgan fingerprint density at radius 2 is 2.11 bits per heavy atom. The molecule has 0 bridgehead atoms. The van der Waals surface area contributed by atoms with E-state index in [1.165, 1.54) is 35.6 Å². The third-order valence-corrected chi connectivity index (χ3v) is 6.84. The molecule has 2 N–H and O–H groups in total. The summed E-state index contributed by atoms with van der Waals surface area (Å²) in [4.78, 5) is 21.9. The summed E-state index contributed by atoms with van der Waals surface area (Å²) in [7, 11) is -3.31. The summed E-state index contributed by atoms with van der Waals surface area (Å²) in [6.07, 6.45) is 2.32. The van der Waals surface area contributed by atoms with E-state index >= 15 is 0 Å². The van der Waals surface area contributed by atoms with Crippen molar-refractivity contribution < 1.29 is 23.2 Å². The summed E-state index contributed by atoms with van der Waals surface area (Å²) in [6, 6.07) is 5.96. The quantitative estimate of drug-likeness (QED) is 0.507. The molecular formula is C17H19N3O5S2. The molecule has 27 heavy (non-hydrogen) atoms. The SMILES string of the molecule is C[C@H](CO)O/N=C(/C(=O)Nc1nccs1)c1ccc(S(=O)(=O)C2CC2)cc1. The molecule has 0 saturated heterocycles. The minimum Gasteiger partial charge on any atom is -0.392 e. The third kappa shape index (κ3) is 4.71. The van der Waals surface area contributed by atoms with E-state index in [2.05, 4.69) is 15.5 Å². The number of amides is 1. The number of oxime groups is 1. The van der Waals surface area contributed by atoms with E-state index in [1.807, 2.05) is 0 Å². The first-order valence-electron chi connectivity index (χ1n) is 8.31. The lowest BCUT2D eigenvalue weighted by molar-refractivity contribution is -0.110. The molecule has 144 valence electrons. The molecule has 1 aliphatic carbocycles. The molecule has 1 aliphatic rings. The van der Waals surface area contributed by atoms with Gasteiger partial charge in [-0.25, -0.2) is 13.4 Å². The van der Waals surface area contributed by atoms with Crippen LogP contribution in [0.1, 0.15) is 25.3 Å². The zero-order valence-corrected chi connectivity index (χ0v) is 16.2. The van der Waals surface area contributed by atoms with E-state index in [0.29, 0.717) is 23.5 Å². The van der Waals surface area contributed by atoms with Crippen LogP contribution in [0.3, 0.4) is 0 Å². The van der Waals surface area contributed by atoms with Crippen molar-refractivity contribution in [1.82, 2.24) is 4.98 Å². The van der Waals surface area contributed by atoms with Gasteiger partial charge in [-0.15, -0.1) is 11.3 Å². The highest BCUT2D eigenvalue weighted by molar-refractivity contribution is 7.92. The fourth-order valence-electron chi connectivity index (χ4n) is 2.22. The van der Waals surface area contributed by atoms with Gasteiger partial charge >= 0.3 is 0 Å². The number of nitrogens with one attached hydrogen (secondary N) is 1. The summed E-state index contributed by atoms with van der Waals surface area (Å²) < 4.78 is 24.6. The topological polar surface area (TPSA) is 118 Å². The Bertz CT molecular complexity index is 920. The Labute approximate surface area is 160 Å². The molecule has 1 heterocycles. The lowest BCUT2D eigenvalue weighted by Crippen LogP contribution is -2.25. The second kappa shape index (κ2) is 8.15. The molecule has 0 unspecified atom stereocenters. The average Bonchev–Trinajstić information content (AvgIpc) is 3.41. The number of carbonyl (C=O) groups excluding carboxylic acids is 1. The van der Waals surface area contributed by atoms with Crippen LogP contribution < -0.4 is 5.32 Å². The van der Waals surface area contributed by atoms with Gasteiger partial charge in [0.25, 0.3) is 5.91 Å². The van der Waals surface area contributed by atoms with Crippen molar-refractivity contribution in [2.24, 2.45) is 5.16 Å². The monoisotopic (exact) mass is 409 g/mol. The van der Waals surface area contributed by atoms with Crippen molar-refractivity contribution in [3.63, 3.8) is 0 Å². The molecule has 1 aromatic heterocycles. The van der Waals surface area contributed by atoms with Gasteiger partial charge in [0, 0.05) is 17.1 Å². The Kier molecular flexibility index (Phi) is 5.88. The fraction of sp³-hybridized carbons (Fsp3) is 0.353. The van der Waals surface area contributed by atoms with E-state index in [4.69, 9.17) is 9.94 Å². The smallest absolute Gasteiger partial charge is 0.280 e. The highest BCUT2D eigenvalue weighted by Crippen LogP contribution is 2.33. The van der Waals surface area contributed by atoms with Crippen molar-refractivity contribution in [2.75, 3.05) is 11.9 Å². The van der Waals surface area contributed by atoms with Crippen LogP contribution in [0.5, 0.6) is 0 Å². The predicted octanol–water partition coefficient (Wildman–Crippen LogP) is 1.82. The highest BCUT2D eigenvalue weighted by atomic mass is 32.2. The number of rotatable bonds is 8. The van der Waals surface area contributed by atoms with E-state index < -0.39 is 21.8 Å². The van der Waals surface area contributed by atoms with E-state index in [9.17, 15) is 13.2 Å². The number of aliphatic hydroxyl groups is 1. The van der Waals surface area contributed by atoms with E-state index in [0.717, 1.165) is 0 Å². The van der Waals surface area contributed by atoms with Gasteiger partial charge in [-0.1, -0.05) is 17.3 Å². The summed E-state index contributed by atoms with van der Waals surface area (Å²) in [5.74, 6) is -0.548. The average molecular weight is 409 g/mol. The molecule has 8 nitrogen and oxygen atoms in total. The van der Waals surface area contributed by atoms with Crippen molar-refractivity contribution >= 4 is 37.9 Å². The zero-order valence-electron chi connectivity index (χ0n) is 14.5. The standard InChI is InChI=1S/C17H19N3O5S2/c1-11(10-21)25-20-15(16(22)19-17-18-8-9-26-17)12-2-4-13(5-3-12)27(23,24)14-6-7-14/h2-5,8-9,11,14,21H,6-7,10H2,1H3,(H,18,19,22)/b20-15+/t11-/m1/s1. The van der Waals surface area contributed by atoms with Gasteiger partial charge in [0.1, 0.15) is 6.10 Å². The number of hydrogen-bond donors (Lipinski definition) is 2. The number of nitrogens with zero attached hydrogens (tertiary/aromatic N) is 2. The van der Waals surface area contributed by atoms with Crippen molar-refractivity contribution in [1.29, 1.82) is 0 Å². The van der Waals surface area contributed by atoms with Gasteiger partial charge in [0.2, 0.25) is 0 Å². The number of benzene rings is 1. The second-order valence-electron chi connectivity index (χ2n) is 6.10. The lowest BCUT2D eigenvalue weighted by atomic mass is 10.1. The Hall–Kier alpha value is -2.30. The normalized spacial score (nSPS) is 16.0. The van der Waals surface area contributed by atoms with Gasteiger partial charge in [-0.05, 0) is 31.9 Å². The van der Waals surface area contributed by atoms with E-state index in [-0.39, 0.29) is 22.5 Å². The van der Waals surface area contributed by atoms with Crippen LogP contribution in [0.15, 0.2) is 45.9 Å². The summed E-state index contributed by atoms with van der Waals surface area (Å²) in [5.41, 5.74) is 0.352. The zero-order chi connectivity index (χ0) is 19.4. The summed E-state index contributed by atoms with van der Waals surface area (Å²) in [5, 5.41) is 17.4. The number of hydrogen-bond acceptors (Lipinski definition) is 8. The summed E-state index contributed by atoms with van der Waals surface area (Å²) in [6.45, 7) is 1.34. The Balaban J connectivity index is 1.86. The Morgan fingerprint density at radius 1 is 1.41 bits per heavy atom. The first-order chi connectivity index (χ1) is 12.9.